The number of hydrogen-bond acceptors (Lipinski definition) is 3. The molecule has 1 heterocycles. The van der Waals surface area contributed by atoms with Crippen LogP contribution in [-0.4, -0.2) is 49.6 Å². The van der Waals surface area contributed by atoms with Gasteiger partial charge in [0.1, 0.15) is 0 Å². The first-order valence-corrected chi connectivity index (χ1v) is 8.97. The molecule has 21 heavy (non-hydrogen) atoms. The van der Waals surface area contributed by atoms with Gasteiger partial charge < -0.3 is 0 Å². The van der Waals surface area contributed by atoms with Crippen LogP contribution in [-0.2, 0) is 16.6 Å². The maximum Gasteiger partial charge on any atom is 0.214 e. The number of sulfonamides is 1. The molecule has 1 aliphatic rings. The van der Waals surface area contributed by atoms with E-state index in [0.717, 1.165) is 13.0 Å². The molecule has 0 bridgehead atoms. The molecule has 2 rings (SSSR count). The number of allylic oxidation sites excluding steroid dienone is 1. The van der Waals surface area contributed by atoms with Crippen molar-refractivity contribution in [3.8, 4) is 0 Å². The average Bonchev–Trinajstić information content (AvgIpc) is 2.97. The van der Waals surface area contributed by atoms with Gasteiger partial charge in [-0.25, -0.2) is 12.7 Å². The minimum atomic E-state index is -3.13. The number of hydrogen-bond donors (Lipinski definition) is 0. The maximum atomic E-state index is 12.2. The fourth-order valence-electron chi connectivity index (χ4n) is 2.68. The maximum absolute atomic E-state index is 12.2. The Bertz CT molecular complexity index is 557. The van der Waals surface area contributed by atoms with Crippen LogP contribution in [0.15, 0.2) is 43.0 Å². The van der Waals surface area contributed by atoms with Gasteiger partial charge in [0.2, 0.25) is 10.0 Å². The van der Waals surface area contributed by atoms with Gasteiger partial charge in [-0.3, -0.25) is 4.90 Å². The molecule has 0 amide bonds. The van der Waals surface area contributed by atoms with Gasteiger partial charge in [0.25, 0.3) is 0 Å². The zero-order valence-corrected chi connectivity index (χ0v) is 13.4. The van der Waals surface area contributed by atoms with Crippen molar-refractivity contribution in [2.45, 2.75) is 25.4 Å². The first-order chi connectivity index (χ1) is 10.0. The number of likely N-dealkylation sites (N-methyl/N-ethyl adjacent to an activating group) is 1. The van der Waals surface area contributed by atoms with Gasteiger partial charge in [-0.1, -0.05) is 36.4 Å². The highest BCUT2D eigenvalue weighted by molar-refractivity contribution is 7.89. The number of rotatable bonds is 7. The normalized spacial score (nSPS) is 20.0. The smallest absolute Gasteiger partial charge is 0.214 e. The highest BCUT2D eigenvalue weighted by atomic mass is 32.2. The van der Waals surface area contributed by atoms with Crippen molar-refractivity contribution < 1.29 is 8.42 Å². The van der Waals surface area contributed by atoms with E-state index in [1.807, 2.05) is 18.2 Å². The van der Waals surface area contributed by atoms with Crippen molar-refractivity contribution in [1.29, 1.82) is 0 Å². The van der Waals surface area contributed by atoms with Crippen LogP contribution in [0.25, 0.3) is 0 Å². The van der Waals surface area contributed by atoms with Gasteiger partial charge in [0.15, 0.2) is 0 Å². The van der Waals surface area contributed by atoms with Crippen molar-refractivity contribution in [2.24, 2.45) is 0 Å². The third-order valence-electron chi connectivity index (χ3n) is 4.00. The van der Waals surface area contributed by atoms with Gasteiger partial charge >= 0.3 is 0 Å². The Balaban J connectivity index is 1.91. The molecule has 1 saturated heterocycles. The molecule has 1 unspecified atom stereocenters. The Morgan fingerprint density at radius 1 is 1.38 bits per heavy atom. The summed E-state index contributed by atoms with van der Waals surface area (Å²) in [4.78, 5) is 2.25. The van der Waals surface area contributed by atoms with E-state index >= 15 is 0 Å². The molecular weight excluding hydrogens is 284 g/mol. The van der Waals surface area contributed by atoms with Crippen LogP contribution in [0.1, 0.15) is 18.4 Å². The highest BCUT2D eigenvalue weighted by Gasteiger charge is 2.32. The molecule has 1 fully saturated rings. The highest BCUT2D eigenvalue weighted by Crippen LogP contribution is 2.20. The van der Waals surface area contributed by atoms with Crippen molar-refractivity contribution in [1.82, 2.24) is 9.21 Å². The Morgan fingerprint density at radius 2 is 2.10 bits per heavy atom. The van der Waals surface area contributed by atoms with E-state index in [-0.39, 0.29) is 5.75 Å². The van der Waals surface area contributed by atoms with Crippen molar-refractivity contribution in [2.75, 3.05) is 25.9 Å². The van der Waals surface area contributed by atoms with Crippen LogP contribution in [0.4, 0.5) is 0 Å². The summed E-state index contributed by atoms with van der Waals surface area (Å²) in [7, 11) is -1.06. The Morgan fingerprint density at radius 3 is 2.76 bits per heavy atom. The van der Waals surface area contributed by atoms with E-state index in [2.05, 4.69) is 30.7 Å². The molecule has 1 atom stereocenters. The van der Waals surface area contributed by atoms with Crippen molar-refractivity contribution >= 4 is 10.0 Å². The predicted molar refractivity (Wildman–Crippen MR) is 86.5 cm³/mol. The quantitative estimate of drug-likeness (QED) is 0.724. The number of benzene rings is 1. The molecule has 1 aliphatic heterocycles. The molecule has 0 N–H and O–H groups in total. The average molecular weight is 308 g/mol. The molecular formula is C16H24N2O2S. The summed E-state index contributed by atoms with van der Waals surface area (Å²) < 4.78 is 26.0. The minimum Gasteiger partial charge on any atom is -0.298 e. The fraction of sp³-hybridized carbons (Fsp3) is 0.500. The molecule has 0 aliphatic carbocycles. The zero-order valence-electron chi connectivity index (χ0n) is 12.6. The predicted octanol–water partition coefficient (Wildman–Crippen LogP) is 2.10. The van der Waals surface area contributed by atoms with E-state index < -0.39 is 10.0 Å². The second-order valence-electron chi connectivity index (χ2n) is 5.59. The molecule has 4 nitrogen and oxygen atoms in total. The minimum absolute atomic E-state index is 0.172. The standard InChI is InChI=1S/C16H24N2O2S/c1-3-4-12-21(19,20)18-11-10-16(14-18)17(2)13-15-8-6-5-7-9-15/h3,5-9,16H,1,4,10-14H2,2H3. The first kappa shape index (κ1) is 16.2. The summed E-state index contributed by atoms with van der Waals surface area (Å²) in [6, 6.07) is 10.6. The van der Waals surface area contributed by atoms with E-state index in [0.29, 0.717) is 25.6 Å². The SMILES string of the molecule is C=CCCS(=O)(=O)N1CCC(N(C)Cc2ccccc2)C1. The first-order valence-electron chi connectivity index (χ1n) is 7.36. The van der Waals surface area contributed by atoms with Crippen LogP contribution in [0.3, 0.4) is 0 Å². The topological polar surface area (TPSA) is 40.6 Å². The lowest BCUT2D eigenvalue weighted by molar-refractivity contribution is 0.242. The van der Waals surface area contributed by atoms with Gasteiger partial charge in [-0.05, 0) is 25.5 Å². The molecule has 5 heteroatoms. The molecule has 1 aromatic carbocycles. The van der Waals surface area contributed by atoms with Crippen LogP contribution in [0, 0.1) is 0 Å². The van der Waals surface area contributed by atoms with E-state index in [1.54, 1.807) is 10.4 Å². The molecule has 116 valence electrons. The summed E-state index contributed by atoms with van der Waals surface area (Å²) in [5.41, 5.74) is 1.26. The third kappa shape index (κ3) is 4.40. The van der Waals surface area contributed by atoms with Crippen LogP contribution in [0.5, 0.6) is 0 Å². The van der Waals surface area contributed by atoms with Crippen LogP contribution >= 0.6 is 0 Å². The van der Waals surface area contributed by atoms with E-state index in [1.165, 1.54) is 5.56 Å². The molecule has 0 saturated carbocycles. The lowest BCUT2D eigenvalue weighted by Crippen LogP contribution is -2.37. The second-order valence-corrected chi connectivity index (χ2v) is 7.68. The Kier molecular flexibility index (Phi) is 5.56. The van der Waals surface area contributed by atoms with Crippen LogP contribution < -0.4 is 0 Å². The van der Waals surface area contributed by atoms with E-state index in [9.17, 15) is 8.42 Å². The van der Waals surface area contributed by atoms with Gasteiger partial charge in [-0.2, -0.15) is 0 Å². The summed E-state index contributed by atoms with van der Waals surface area (Å²) in [5.74, 6) is 0.172. The lowest BCUT2D eigenvalue weighted by Gasteiger charge is -2.24. The van der Waals surface area contributed by atoms with Gasteiger partial charge in [-0.15, -0.1) is 6.58 Å². The van der Waals surface area contributed by atoms with Crippen LogP contribution in [0.2, 0.25) is 0 Å². The third-order valence-corrected chi connectivity index (χ3v) is 5.87. The monoisotopic (exact) mass is 308 g/mol. The summed E-state index contributed by atoms with van der Waals surface area (Å²) >= 11 is 0. The lowest BCUT2D eigenvalue weighted by atomic mass is 10.1. The van der Waals surface area contributed by atoms with Crippen molar-refractivity contribution in [3.63, 3.8) is 0 Å². The second kappa shape index (κ2) is 7.20. The molecule has 0 radical (unpaired) electrons. The Labute approximate surface area is 128 Å². The molecule has 1 aromatic rings. The number of nitrogens with zero attached hydrogens (tertiary/aromatic N) is 2. The van der Waals surface area contributed by atoms with Gasteiger partial charge in [0, 0.05) is 25.7 Å². The Hall–Kier alpha value is -1.17. The molecule has 0 spiro atoms. The summed E-state index contributed by atoms with van der Waals surface area (Å²) in [5, 5.41) is 0. The van der Waals surface area contributed by atoms with Gasteiger partial charge in [0.05, 0.1) is 5.75 Å². The van der Waals surface area contributed by atoms with Crippen molar-refractivity contribution in [3.05, 3.63) is 48.6 Å². The largest absolute Gasteiger partial charge is 0.298 e. The summed E-state index contributed by atoms with van der Waals surface area (Å²) in [6.07, 6.45) is 3.08. The fourth-order valence-corrected chi connectivity index (χ4v) is 4.19. The zero-order chi connectivity index (χ0) is 15.3. The summed E-state index contributed by atoms with van der Waals surface area (Å²) in [6.45, 7) is 5.67. The van der Waals surface area contributed by atoms with E-state index in [4.69, 9.17) is 0 Å². The molecule has 0 aromatic heterocycles.